The summed E-state index contributed by atoms with van der Waals surface area (Å²) >= 11 is 0. The first-order valence-electron chi connectivity index (χ1n) is 7.58. The third-order valence-electron chi connectivity index (χ3n) is 3.89. The molecule has 0 atom stereocenters. The molecule has 0 spiro atoms. The Kier molecular flexibility index (Phi) is 5.25. The summed E-state index contributed by atoms with van der Waals surface area (Å²) in [6, 6.07) is 0. The SMILES string of the molecule is CCCn1nc(C)c(N)c1N1CCCN(CCO)CC1. The maximum atomic E-state index is 9.07. The zero-order chi connectivity index (χ0) is 14.5. The largest absolute Gasteiger partial charge is 0.395 e. The highest BCUT2D eigenvalue weighted by atomic mass is 16.3. The van der Waals surface area contributed by atoms with Gasteiger partial charge in [0.25, 0.3) is 0 Å². The van der Waals surface area contributed by atoms with Crippen molar-refractivity contribution in [3.63, 3.8) is 0 Å². The van der Waals surface area contributed by atoms with Crippen LogP contribution in [0.25, 0.3) is 0 Å². The standard InChI is InChI=1S/C14H27N5O/c1-3-5-19-14(13(15)12(2)16-19)18-7-4-6-17(8-9-18)10-11-20/h20H,3-11,15H2,1-2H3. The molecule has 0 aliphatic carbocycles. The average molecular weight is 281 g/mol. The van der Waals surface area contributed by atoms with Crippen LogP contribution in [0.15, 0.2) is 0 Å². The number of hydrogen-bond acceptors (Lipinski definition) is 5. The van der Waals surface area contributed by atoms with Crippen LogP contribution >= 0.6 is 0 Å². The molecule has 6 heteroatoms. The van der Waals surface area contributed by atoms with Crippen LogP contribution in [0, 0.1) is 6.92 Å². The van der Waals surface area contributed by atoms with Crippen LogP contribution in [0.3, 0.4) is 0 Å². The Bertz CT molecular complexity index is 431. The number of nitrogens with two attached hydrogens (primary N) is 1. The van der Waals surface area contributed by atoms with Crippen LogP contribution in [0.5, 0.6) is 0 Å². The molecule has 0 amide bonds. The van der Waals surface area contributed by atoms with Crippen molar-refractivity contribution < 1.29 is 5.11 Å². The first-order valence-corrected chi connectivity index (χ1v) is 7.58. The summed E-state index contributed by atoms with van der Waals surface area (Å²) in [5.74, 6) is 1.08. The van der Waals surface area contributed by atoms with Gasteiger partial charge in [-0.1, -0.05) is 6.92 Å². The number of hydrogen-bond donors (Lipinski definition) is 2. The highest BCUT2D eigenvalue weighted by Gasteiger charge is 2.21. The monoisotopic (exact) mass is 281 g/mol. The third-order valence-corrected chi connectivity index (χ3v) is 3.89. The van der Waals surface area contributed by atoms with E-state index in [4.69, 9.17) is 10.8 Å². The molecule has 0 unspecified atom stereocenters. The van der Waals surface area contributed by atoms with E-state index in [0.717, 1.165) is 69.3 Å². The van der Waals surface area contributed by atoms with Crippen LogP contribution in [0.1, 0.15) is 25.5 Å². The zero-order valence-corrected chi connectivity index (χ0v) is 12.7. The van der Waals surface area contributed by atoms with Gasteiger partial charge in [0.1, 0.15) is 0 Å². The minimum absolute atomic E-state index is 0.231. The predicted octanol–water partition coefficient (Wildman–Crippen LogP) is 0.688. The number of aliphatic hydroxyl groups is 1. The molecule has 1 saturated heterocycles. The molecule has 0 saturated carbocycles. The van der Waals surface area contributed by atoms with Gasteiger partial charge in [0, 0.05) is 32.7 Å². The Labute approximate surface area is 121 Å². The van der Waals surface area contributed by atoms with Crippen molar-refractivity contribution in [3.05, 3.63) is 5.69 Å². The minimum Gasteiger partial charge on any atom is -0.395 e. The summed E-state index contributed by atoms with van der Waals surface area (Å²) in [5.41, 5.74) is 7.97. The van der Waals surface area contributed by atoms with Gasteiger partial charge < -0.3 is 15.7 Å². The molecule has 1 fully saturated rings. The first kappa shape index (κ1) is 15.1. The van der Waals surface area contributed by atoms with E-state index in [1.165, 1.54) is 0 Å². The molecule has 1 aromatic rings. The zero-order valence-electron chi connectivity index (χ0n) is 12.7. The molecule has 2 rings (SSSR count). The van der Waals surface area contributed by atoms with Gasteiger partial charge in [-0.25, -0.2) is 4.68 Å². The molecule has 114 valence electrons. The van der Waals surface area contributed by atoms with Crippen molar-refractivity contribution in [1.29, 1.82) is 0 Å². The number of aliphatic hydroxyl groups excluding tert-OH is 1. The van der Waals surface area contributed by atoms with E-state index in [1.807, 2.05) is 11.6 Å². The number of nitrogens with zero attached hydrogens (tertiary/aromatic N) is 4. The molecule has 6 nitrogen and oxygen atoms in total. The van der Waals surface area contributed by atoms with E-state index in [-0.39, 0.29) is 6.61 Å². The topological polar surface area (TPSA) is 70.6 Å². The first-order chi connectivity index (χ1) is 9.67. The average Bonchev–Trinajstić information content (AvgIpc) is 2.60. The lowest BCUT2D eigenvalue weighted by Crippen LogP contribution is -2.33. The highest BCUT2D eigenvalue weighted by Crippen LogP contribution is 2.27. The summed E-state index contributed by atoms with van der Waals surface area (Å²) in [6.45, 7) is 9.98. The summed E-state index contributed by atoms with van der Waals surface area (Å²) in [7, 11) is 0. The van der Waals surface area contributed by atoms with Crippen molar-refractivity contribution in [2.24, 2.45) is 0 Å². The van der Waals surface area contributed by atoms with Crippen molar-refractivity contribution in [2.45, 2.75) is 33.2 Å². The van der Waals surface area contributed by atoms with Gasteiger partial charge in [-0.15, -0.1) is 0 Å². The molecule has 2 heterocycles. The van der Waals surface area contributed by atoms with Gasteiger partial charge in [-0.2, -0.15) is 5.10 Å². The molecular weight excluding hydrogens is 254 g/mol. The summed E-state index contributed by atoms with van der Waals surface area (Å²) in [4.78, 5) is 4.66. The molecule has 1 aliphatic heterocycles. The smallest absolute Gasteiger partial charge is 0.150 e. The van der Waals surface area contributed by atoms with Gasteiger partial charge in [-0.05, 0) is 26.3 Å². The lowest BCUT2D eigenvalue weighted by atomic mass is 10.3. The van der Waals surface area contributed by atoms with E-state index in [2.05, 4.69) is 21.8 Å². The van der Waals surface area contributed by atoms with Crippen molar-refractivity contribution >= 4 is 11.5 Å². The number of aromatic nitrogens is 2. The summed E-state index contributed by atoms with van der Waals surface area (Å²) in [5, 5.41) is 13.6. The van der Waals surface area contributed by atoms with Gasteiger partial charge in [-0.3, -0.25) is 4.90 Å². The molecule has 0 radical (unpaired) electrons. The van der Waals surface area contributed by atoms with E-state index in [9.17, 15) is 0 Å². The van der Waals surface area contributed by atoms with Crippen LogP contribution in [0.2, 0.25) is 0 Å². The highest BCUT2D eigenvalue weighted by molar-refractivity contribution is 5.66. The Morgan fingerprint density at radius 2 is 2.00 bits per heavy atom. The van der Waals surface area contributed by atoms with Gasteiger partial charge in [0.2, 0.25) is 0 Å². The Morgan fingerprint density at radius 3 is 2.70 bits per heavy atom. The molecule has 0 bridgehead atoms. The van der Waals surface area contributed by atoms with E-state index in [0.29, 0.717) is 0 Å². The maximum absolute atomic E-state index is 9.07. The molecule has 3 N–H and O–H groups in total. The van der Waals surface area contributed by atoms with Gasteiger partial charge >= 0.3 is 0 Å². The molecule has 0 aromatic carbocycles. The Morgan fingerprint density at radius 1 is 1.20 bits per heavy atom. The Balaban J connectivity index is 2.14. The minimum atomic E-state index is 0.231. The maximum Gasteiger partial charge on any atom is 0.150 e. The van der Waals surface area contributed by atoms with Crippen LogP contribution in [-0.2, 0) is 6.54 Å². The van der Waals surface area contributed by atoms with E-state index in [1.54, 1.807) is 0 Å². The van der Waals surface area contributed by atoms with E-state index >= 15 is 0 Å². The second-order valence-electron chi connectivity index (χ2n) is 5.45. The fourth-order valence-corrected chi connectivity index (χ4v) is 2.83. The number of rotatable bonds is 5. The number of β-amino-alcohol motifs (C(OH)–C–C–N with tert-alkyl or cyclic N) is 1. The number of anilines is 2. The number of nitrogen functional groups attached to an aromatic ring is 1. The summed E-state index contributed by atoms with van der Waals surface area (Å²) in [6.07, 6.45) is 2.15. The Hall–Kier alpha value is -1.27. The van der Waals surface area contributed by atoms with Gasteiger partial charge in [0.15, 0.2) is 5.82 Å². The van der Waals surface area contributed by atoms with E-state index < -0.39 is 0 Å². The van der Waals surface area contributed by atoms with Crippen LogP contribution in [-0.4, -0.2) is 59.1 Å². The second kappa shape index (κ2) is 6.95. The second-order valence-corrected chi connectivity index (χ2v) is 5.45. The summed E-state index contributed by atoms with van der Waals surface area (Å²) < 4.78 is 2.05. The quantitative estimate of drug-likeness (QED) is 0.831. The molecule has 1 aromatic heterocycles. The predicted molar refractivity (Wildman–Crippen MR) is 82.0 cm³/mol. The molecular formula is C14H27N5O. The number of aryl methyl sites for hydroxylation is 2. The van der Waals surface area contributed by atoms with Crippen molar-refractivity contribution in [2.75, 3.05) is 50.0 Å². The molecule has 1 aliphatic rings. The van der Waals surface area contributed by atoms with Crippen molar-refractivity contribution in [3.8, 4) is 0 Å². The fraction of sp³-hybridized carbons (Fsp3) is 0.786. The normalized spacial score (nSPS) is 17.4. The lowest BCUT2D eigenvalue weighted by molar-refractivity contribution is 0.204. The van der Waals surface area contributed by atoms with Crippen molar-refractivity contribution in [1.82, 2.24) is 14.7 Å². The fourth-order valence-electron chi connectivity index (χ4n) is 2.83. The molecule has 20 heavy (non-hydrogen) atoms. The van der Waals surface area contributed by atoms with Crippen LogP contribution in [0.4, 0.5) is 11.5 Å². The van der Waals surface area contributed by atoms with Gasteiger partial charge in [0.05, 0.1) is 18.0 Å². The lowest BCUT2D eigenvalue weighted by Gasteiger charge is -2.24. The third kappa shape index (κ3) is 3.24. The van der Waals surface area contributed by atoms with Crippen LogP contribution < -0.4 is 10.6 Å².